The lowest BCUT2D eigenvalue weighted by molar-refractivity contribution is 0.414. The number of methoxy groups -OCH3 is 1. The summed E-state index contributed by atoms with van der Waals surface area (Å²) in [5, 5.41) is 0. The largest absolute Gasteiger partial charge is 0.497 e. The van der Waals surface area contributed by atoms with E-state index in [1.165, 1.54) is 9.13 Å². The Labute approximate surface area is 175 Å². The van der Waals surface area contributed by atoms with Crippen molar-refractivity contribution in [1.82, 2.24) is 18.7 Å². The van der Waals surface area contributed by atoms with Gasteiger partial charge in [0.2, 0.25) is 5.95 Å². The highest BCUT2D eigenvalue weighted by molar-refractivity contribution is 5.77. The minimum absolute atomic E-state index is 0.244. The molecular formula is C22H29N5O3. The van der Waals surface area contributed by atoms with Gasteiger partial charge in [-0.1, -0.05) is 26.7 Å². The van der Waals surface area contributed by atoms with E-state index < -0.39 is 0 Å². The monoisotopic (exact) mass is 411 g/mol. The van der Waals surface area contributed by atoms with Crippen LogP contribution in [-0.2, 0) is 20.1 Å². The molecule has 30 heavy (non-hydrogen) atoms. The molecule has 3 aromatic rings. The predicted octanol–water partition coefficient (Wildman–Crippen LogP) is 2.88. The zero-order chi connectivity index (χ0) is 21.4. The van der Waals surface area contributed by atoms with Gasteiger partial charge < -0.3 is 14.2 Å². The number of imidazole rings is 1. The number of nitrogens with zero attached hydrogens (tertiary/aromatic N) is 5. The molecule has 4 rings (SSSR count). The van der Waals surface area contributed by atoms with Crippen LogP contribution < -0.4 is 20.9 Å². The molecule has 8 nitrogen and oxygen atoms in total. The van der Waals surface area contributed by atoms with Crippen LogP contribution in [0.3, 0.4) is 0 Å². The summed E-state index contributed by atoms with van der Waals surface area (Å²) in [4.78, 5) is 33.0. The number of hydrogen-bond donors (Lipinski definition) is 0. The number of rotatable bonds is 6. The summed E-state index contributed by atoms with van der Waals surface area (Å²) in [5.41, 5.74) is 1.38. The van der Waals surface area contributed by atoms with Gasteiger partial charge in [-0.3, -0.25) is 13.9 Å². The fraction of sp³-hybridized carbons (Fsp3) is 0.500. The van der Waals surface area contributed by atoms with Crippen molar-refractivity contribution in [3.8, 4) is 5.75 Å². The van der Waals surface area contributed by atoms with Crippen LogP contribution in [0.1, 0.15) is 33.1 Å². The number of ether oxygens (including phenoxy) is 1. The van der Waals surface area contributed by atoms with E-state index in [0.717, 1.165) is 37.2 Å². The first kappa shape index (κ1) is 20.3. The number of benzene rings is 1. The molecule has 3 heterocycles. The predicted molar refractivity (Wildman–Crippen MR) is 118 cm³/mol. The third-order valence-corrected chi connectivity index (χ3v) is 5.81. The maximum atomic E-state index is 13.3. The molecule has 2 aromatic heterocycles. The van der Waals surface area contributed by atoms with Gasteiger partial charge in [-0.15, -0.1) is 0 Å². The van der Waals surface area contributed by atoms with E-state index in [4.69, 9.17) is 9.72 Å². The minimum atomic E-state index is -0.303. The van der Waals surface area contributed by atoms with Crippen LogP contribution in [0.25, 0.3) is 11.2 Å². The molecule has 1 unspecified atom stereocenters. The second-order valence-electron chi connectivity index (χ2n) is 8.11. The van der Waals surface area contributed by atoms with Gasteiger partial charge in [0.15, 0.2) is 11.2 Å². The molecule has 1 atom stereocenters. The van der Waals surface area contributed by atoms with Crippen molar-refractivity contribution in [3.63, 3.8) is 0 Å². The summed E-state index contributed by atoms with van der Waals surface area (Å²) >= 11 is 0. The van der Waals surface area contributed by atoms with Crippen LogP contribution in [0, 0.1) is 5.92 Å². The van der Waals surface area contributed by atoms with Gasteiger partial charge in [0.05, 0.1) is 7.11 Å². The molecule has 8 heteroatoms. The average Bonchev–Trinajstić information content (AvgIpc) is 3.13. The highest BCUT2D eigenvalue weighted by Crippen LogP contribution is 2.33. The summed E-state index contributed by atoms with van der Waals surface area (Å²) in [6, 6.07) is 7.81. The maximum Gasteiger partial charge on any atom is 0.332 e. The Morgan fingerprint density at radius 2 is 1.87 bits per heavy atom. The van der Waals surface area contributed by atoms with Gasteiger partial charge in [0.1, 0.15) is 5.75 Å². The lowest BCUT2D eigenvalue weighted by atomic mass is 10.1. The summed E-state index contributed by atoms with van der Waals surface area (Å²) < 4.78 is 10.1. The molecule has 0 N–H and O–H groups in total. The van der Waals surface area contributed by atoms with E-state index >= 15 is 0 Å². The van der Waals surface area contributed by atoms with Crippen LogP contribution in [0.4, 0.5) is 11.6 Å². The lowest BCUT2D eigenvalue weighted by Crippen LogP contribution is -2.40. The molecule has 1 aromatic carbocycles. The number of aromatic nitrogens is 4. The Balaban J connectivity index is 1.88. The molecule has 0 radical (unpaired) electrons. The van der Waals surface area contributed by atoms with Crippen molar-refractivity contribution < 1.29 is 4.74 Å². The Bertz CT molecular complexity index is 1170. The van der Waals surface area contributed by atoms with E-state index in [1.807, 2.05) is 28.8 Å². The van der Waals surface area contributed by atoms with Crippen molar-refractivity contribution >= 4 is 22.8 Å². The second-order valence-corrected chi connectivity index (χ2v) is 8.11. The number of aryl methyl sites for hydroxylation is 1. The minimum Gasteiger partial charge on any atom is -0.497 e. The van der Waals surface area contributed by atoms with Gasteiger partial charge in [0.25, 0.3) is 5.56 Å². The van der Waals surface area contributed by atoms with Gasteiger partial charge in [-0.25, -0.2) is 4.79 Å². The summed E-state index contributed by atoms with van der Waals surface area (Å²) in [6.07, 6.45) is 2.83. The third kappa shape index (κ3) is 3.30. The van der Waals surface area contributed by atoms with Crippen molar-refractivity contribution in [1.29, 1.82) is 0 Å². The van der Waals surface area contributed by atoms with Gasteiger partial charge >= 0.3 is 5.69 Å². The summed E-state index contributed by atoms with van der Waals surface area (Å²) in [5.74, 6) is 1.81. The molecule has 1 aliphatic rings. The van der Waals surface area contributed by atoms with E-state index in [2.05, 4.69) is 18.7 Å². The Kier molecular flexibility index (Phi) is 5.40. The van der Waals surface area contributed by atoms with Crippen molar-refractivity contribution in [2.75, 3.05) is 18.6 Å². The Hall–Kier alpha value is -3.03. The van der Waals surface area contributed by atoms with Crippen molar-refractivity contribution in [2.24, 2.45) is 13.0 Å². The highest BCUT2D eigenvalue weighted by Gasteiger charge is 2.29. The Morgan fingerprint density at radius 3 is 2.53 bits per heavy atom. The van der Waals surface area contributed by atoms with Crippen LogP contribution in [-0.4, -0.2) is 32.3 Å². The van der Waals surface area contributed by atoms with Crippen LogP contribution in [0.15, 0.2) is 33.9 Å². The van der Waals surface area contributed by atoms with Gasteiger partial charge in [0, 0.05) is 32.4 Å². The summed E-state index contributed by atoms with van der Waals surface area (Å²) in [6.45, 7) is 6.18. The van der Waals surface area contributed by atoms with E-state index in [-0.39, 0.29) is 11.2 Å². The fourth-order valence-electron chi connectivity index (χ4n) is 4.20. The van der Waals surface area contributed by atoms with Gasteiger partial charge in [-0.2, -0.15) is 4.98 Å². The third-order valence-electron chi connectivity index (χ3n) is 5.81. The zero-order valence-electron chi connectivity index (χ0n) is 18.1. The number of anilines is 2. The SMILES string of the molecule is CCCCCn1c(=O)c2c(nc3n2CC(C)CN3c2ccc(OC)cc2)n(C)c1=O. The maximum absolute atomic E-state index is 13.3. The van der Waals surface area contributed by atoms with E-state index in [9.17, 15) is 9.59 Å². The van der Waals surface area contributed by atoms with Crippen molar-refractivity contribution in [2.45, 2.75) is 46.2 Å². The molecule has 160 valence electrons. The quantitative estimate of drug-likeness (QED) is 0.583. The first-order valence-corrected chi connectivity index (χ1v) is 10.6. The van der Waals surface area contributed by atoms with E-state index in [1.54, 1.807) is 14.2 Å². The number of fused-ring (bicyclic) bond motifs is 3. The second kappa shape index (κ2) is 8.01. The molecule has 0 fully saturated rings. The molecule has 0 aliphatic carbocycles. The number of hydrogen-bond acceptors (Lipinski definition) is 5. The molecular weight excluding hydrogens is 382 g/mol. The summed E-state index contributed by atoms with van der Waals surface area (Å²) in [7, 11) is 3.34. The molecule has 1 aliphatic heterocycles. The van der Waals surface area contributed by atoms with E-state index in [0.29, 0.717) is 36.1 Å². The molecule has 0 saturated carbocycles. The first-order valence-electron chi connectivity index (χ1n) is 10.6. The Morgan fingerprint density at radius 1 is 1.13 bits per heavy atom. The lowest BCUT2D eigenvalue weighted by Gasteiger charge is -2.33. The molecule has 0 spiro atoms. The zero-order valence-corrected chi connectivity index (χ0v) is 18.1. The molecule has 0 amide bonds. The fourth-order valence-corrected chi connectivity index (χ4v) is 4.20. The van der Waals surface area contributed by atoms with Crippen molar-refractivity contribution in [3.05, 3.63) is 45.1 Å². The highest BCUT2D eigenvalue weighted by atomic mass is 16.5. The molecule has 0 bridgehead atoms. The van der Waals surface area contributed by atoms with Gasteiger partial charge in [-0.05, 0) is 36.6 Å². The number of unbranched alkanes of at least 4 members (excludes halogenated alkanes) is 2. The van der Waals surface area contributed by atoms with Crippen LogP contribution >= 0.6 is 0 Å². The average molecular weight is 412 g/mol. The molecule has 0 saturated heterocycles. The normalized spacial score (nSPS) is 16.1. The van der Waals surface area contributed by atoms with Crippen LogP contribution in [0.2, 0.25) is 0 Å². The smallest absolute Gasteiger partial charge is 0.332 e. The first-order chi connectivity index (χ1) is 14.5. The standard InChI is InChI=1S/C22H29N5O3/c1-5-6-7-12-25-20(28)18-19(24(3)22(25)29)23-21-26(13-15(2)14-27(18)21)16-8-10-17(30-4)11-9-16/h8-11,15H,5-7,12-14H2,1-4H3. The topological polar surface area (TPSA) is 74.3 Å². The van der Waals surface area contributed by atoms with Crippen LogP contribution in [0.5, 0.6) is 5.75 Å².